The number of benzene rings is 1. The van der Waals surface area contributed by atoms with Crippen LogP contribution in [0, 0.1) is 0 Å². The van der Waals surface area contributed by atoms with Gasteiger partial charge in [0.2, 0.25) is 0 Å². The lowest BCUT2D eigenvalue weighted by molar-refractivity contribution is 0.187. The molecule has 0 amide bonds. The molecule has 0 aliphatic rings. The largest absolute Gasteiger partial charge is 0.493 e. The number of rotatable bonds is 5. The van der Waals surface area contributed by atoms with Crippen molar-refractivity contribution in [3.63, 3.8) is 0 Å². The predicted molar refractivity (Wildman–Crippen MR) is 59.3 cm³/mol. The minimum atomic E-state index is -0.618. The van der Waals surface area contributed by atoms with E-state index in [-0.39, 0.29) is 6.61 Å². The predicted octanol–water partition coefficient (Wildman–Crippen LogP) is 2.15. The van der Waals surface area contributed by atoms with Crippen LogP contribution >= 0.6 is 11.6 Å². The number of ether oxygens (including phenoxy) is 1. The first-order valence-electron chi connectivity index (χ1n) is 4.86. The molecule has 1 aromatic rings. The van der Waals surface area contributed by atoms with Crippen molar-refractivity contribution in [1.29, 1.82) is 0 Å². The van der Waals surface area contributed by atoms with Gasteiger partial charge in [-0.25, -0.2) is 0 Å². The molecular formula is C11H15ClO3. The van der Waals surface area contributed by atoms with E-state index in [1.54, 1.807) is 25.1 Å². The average molecular weight is 231 g/mol. The minimum Gasteiger partial charge on any atom is -0.493 e. The van der Waals surface area contributed by atoms with E-state index in [0.717, 1.165) is 0 Å². The third kappa shape index (κ3) is 3.70. The quantitative estimate of drug-likeness (QED) is 0.763. The monoisotopic (exact) mass is 230 g/mol. The molecule has 0 fully saturated rings. The van der Waals surface area contributed by atoms with E-state index in [1.807, 2.05) is 0 Å². The SMILES string of the molecule is CC(O)c1cc(Cl)ccc1OCCCO. The Morgan fingerprint density at radius 3 is 2.80 bits per heavy atom. The van der Waals surface area contributed by atoms with E-state index in [2.05, 4.69) is 0 Å². The van der Waals surface area contributed by atoms with Gasteiger partial charge in [0, 0.05) is 23.6 Å². The summed E-state index contributed by atoms with van der Waals surface area (Å²) in [5.74, 6) is 0.614. The van der Waals surface area contributed by atoms with E-state index in [1.165, 1.54) is 0 Å². The molecular weight excluding hydrogens is 216 g/mol. The zero-order valence-corrected chi connectivity index (χ0v) is 9.37. The number of halogens is 1. The maximum absolute atomic E-state index is 9.50. The van der Waals surface area contributed by atoms with E-state index in [0.29, 0.717) is 29.4 Å². The fourth-order valence-electron chi connectivity index (χ4n) is 1.22. The highest BCUT2D eigenvalue weighted by Gasteiger charge is 2.09. The van der Waals surface area contributed by atoms with Crippen molar-refractivity contribution in [2.24, 2.45) is 0 Å². The van der Waals surface area contributed by atoms with Gasteiger partial charge in [0.15, 0.2) is 0 Å². The lowest BCUT2D eigenvalue weighted by atomic mass is 10.1. The molecule has 4 heteroatoms. The summed E-state index contributed by atoms with van der Waals surface area (Å²) in [7, 11) is 0. The van der Waals surface area contributed by atoms with E-state index in [9.17, 15) is 5.11 Å². The molecule has 1 aromatic carbocycles. The minimum absolute atomic E-state index is 0.0948. The van der Waals surface area contributed by atoms with Crippen molar-refractivity contribution in [2.75, 3.05) is 13.2 Å². The van der Waals surface area contributed by atoms with Crippen LogP contribution < -0.4 is 4.74 Å². The first kappa shape index (κ1) is 12.3. The summed E-state index contributed by atoms with van der Waals surface area (Å²) in [5.41, 5.74) is 0.667. The molecule has 3 nitrogen and oxygen atoms in total. The molecule has 0 spiro atoms. The molecule has 0 radical (unpaired) electrons. The summed E-state index contributed by atoms with van der Waals surface area (Å²) in [6.45, 7) is 2.18. The summed E-state index contributed by atoms with van der Waals surface area (Å²) in [5, 5.41) is 18.7. The molecule has 2 N–H and O–H groups in total. The van der Waals surface area contributed by atoms with Crippen LogP contribution in [0.4, 0.5) is 0 Å². The first-order chi connectivity index (χ1) is 7.15. The van der Waals surface area contributed by atoms with Gasteiger partial charge in [-0.05, 0) is 25.1 Å². The van der Waals surface area contributed by atoms with Crippen LogP contribution in [0.1, 0.15) is 25.0 Å². The Morgan fingerprint density at radius 2 is 2.20 bits per heavy atom. The zero-order valence-electron chi connectivity index (χ0n) is 8.61. The van der Waals surface area contributed by atoms with E-state index < -0.39 is 6.10 Å². The fraction of sp³-hybridized carbons (Fsp3) is 0.455. The van der Waals surface area contributed by atoms with Crippen LogP contribution in [0.25, 0.3) is 0 Å². The molecule has 0 aliphatic heterocycles. The number of hydrogen-bond donors (Lipinski definition) is 2. The lowest BCUT2D eigenvalue weighted by Crippen LogP contribution is -2.03. The van der Waals surface area contributed by atoms with Crippen molar-refractivity contribution >= 4 is 11.6 Å². The molecule has 0 aliphatic carbocycles. The van der Waals surface area contributed by atoms with Crippen molar-refractivity contribution in [1.82, 2.24) is 0 Å². The normalized spacial score (nSPS) is 12.5. The molecule has 1 atom stereocenters. The maximum Gasteiger partial charge on any atom is 0.125 e. The highest BCUT2D eigenvalue weighted by molar-refractivity contribution is 6.30. The Labute approximate surface area is 94.3 Å². The van der Waals surface area contributed by atoms with Gasteiger partial charge in [0.25, 0.3) is 0 Å². The summed E-state index contributed by atoms with van der Waals surface area (Å²) < 4.78 is 5.42. The number of aliphatic hydroxyl groups is 2. The first-order valence-corrected chi connectivity index (χ1v) is 5.24. The third-order valence-electron chi connectivity index (χ3n) is 1.98. The molecule has 0 saturated carbocycles. The second-order valence-corrected chi connectivity index (χ2v) is 3.72. The Kier molecular flexibility index (Phi) is 4.88. The average Bonchev–Trinajstić information content (AvgIpc) is 2.20. The van der Waals surface area contributed by atoms with Gasteiger partial charge in [0.05, 0.1) is 12.7 Å². The van der Waals surface area contributed by atoms with Gasteiger partial charge in [-0.15, -0.1) is 0 Å². The van der Waals surface area contributed by atoms with E-state index >= 15 is 0 Å². The molecule has 1 unspecified atom stereocenters. The van der Waals surface area contributed by atoms with Gasteiger partial charge >= 0.3 is 0 Å². The van der Waals surface area contributed by atoms with Gasteiger partial charge < -0.3 is 14.9 Å². The molecule has 0 heterocycles. The van der Waals surface area contributed by atoms with Gasteiger partial charge in [-0.3, -0.25) is 0 Å². The molecule has 0 aromatic heterocycles. The van der Waals surface area contributed by atoms with Crippen LogP contribution in [0.5, 0.6) is 5.75 Å². The summed E-state index contributed by atoms with van der Waals surface area (Å²) >= 11 is 5.82. The Hall–Kier alpha value is -0.770. The Morgan fingerprint density at radius 1 is 1.47 bits per heavy atom. The lowest BCUT2D eigenvalue weighted by Gasteiger charge is -2.13. The highest BCUT2D eigenvalue weighted by Crippen LogP contribution is 2.28. The molecule has 0 bridgehead atoms. The van der Waals surface area contributed by atoms with Crippen molar-refractivity contribution in [3.05, 3.63) is 28.8 Å². The second kappa shape index (κ2) is 5.95. The van der Waals surface area contributed by atoms with Crippen LogP contribution in [0.3, 0.4) is 0 Å². The Bertz CT molecular complexity index is 313. The zero-order chi connectivity index (χ0) is 11.3. The van der Waals surface area contributed by atoms with Crippen LogP contribution in [0.15, 0.2) is 18.2 Å². The van der Waals surface area contributed by atoms with Gasteiger partial charge in [-0.2, -0.15) is 0 Å². The smallest absolute Gasteiger partial charge is 0.125 e. The van der Waals surface area contributed by atoms with Crippen LogP contribution in [0.2, 0.25) is 5.02 Å². The van der Waals surface area contributed by atoms with Gasteiger partial charge in [-0.1, -0.05) is 11.6 Å². The molecule has 1 rings (SSSR count). The highest BCUT2D eigenvalue weighted by atomic mass is 35.5. The topological polar surface area (TPSA) is 49.7 Å². The number of aliphatic hydroxyl groups excluding tert-OH is 2. The van der Waals surface area contributed by atoms with Crippen molar-refractivity contribution in [2.45, 2.75) is 19.4 Å². The summed E-state index contributed by atoms with van der Waals surface area (Å²) in [6.07, 6.45) is -0.0464. The molecule has 84 valence electrons. The molecule has 0 saturated heterocycles. The Balaban J connectivity index is 2.77. The van der Waals surface area contributed by atoms with Crippen molar-refractivity contribution in [3.8, 4) is 5.75 Å². The summed E-state index contributed by atoms with van der Waals surface area (Å²) in [6, 6.07) is 5.12. The molecule has 15 heavy (non-hydrogen) atoms. The third-order valence-corrected chi connectivity index (χ3v) is 2.22. The standard InChI is InChI=1S/C11H15ClO3/c1-8(14)10-7-9(12)3-4-11(10)15-6-2-5-13/h3-4,7-8,13-14H,2,5-6H2,1H3. The van der Waals surface area contributed by atoms with Gasteiger partial charge in [0.1, 0.15) is 5.75 Å². The summed E-state index contributed by atoms with van der Waals surface area (Å²) in [4.78, 5) is 0. The second-order valence-electron chi connectivity index (χ2n) is 3.28. The van der Waals surface area contributed by atoms with E-state index in [4.69, 9.17) is 21.4 Å². The van der Waals surface area contributed by atoms with Crippen molar-refractivity contribution < 1.29 is 14.9 Å². The van der Waals surface area contributed by atoms with Crippen LogP contribution in [-0.4, -0.2) is 23.4 Å². The fourth-order valence-corrected chi connectivity index (χ4v) is 1.40. The maximum atomic E-state index is 9.50. The van der Waals surface area contributed by atoms with Crippen LogP contribution in [-0.2, 0) is 0 Å². The number of hydrogen-bond acceptors (Lipinski definition) is 3.